The van der Waals surface area contributed by atoms with Crippen LogP contribution in [-0.4, -0.2) is 24.2 Å². The van der Waals surface area contributed by atoms with Crippen LogP contribution in [0.3, 0.4) is 0 Å². The summed E-state index contributed by atoms with van der Waals surface area (Å²) in [4.78, 5) is 36.0. The van der Waals surface area contributed by atoms with E-state index in [2.05, 4.69) is 26.8 Å². The summed E-state index contributed by atoms with van der Waals surface area (Å²) in [7, 11) is 0. The van der Waals surface area contributed by atoms with E-state index in [0.29, 0.717) is 41.9 Å². The average Bonchev–Trinajstić information content (AvgIpc) is 2.97. The lowest BCUT2D eigenvalue weighted by Gasteiger charge is -2.08. The third-order valence-corrected chi connectivity index (χ3v) is 4.54. The molecule has 0 aliphatic heterocycles. The number of fused-ring (bicyclic) bond motifs is 1. The number of ether oxygens (including phenoxy) is 1. The number of rotatable bonds is 4. The van der Waals surface area contributed by atoms with Crippen LogP contribution in [0.25, 0.3) is 0 Å². The van der Waals surface area contributed by atoms with Gasteiger partial charge in [-0.15, -0.1) is 0 Å². The summed E-state index contributed by atoms with van der Waals surface area (Å²) in [5, 5.41) is 0. The number of benzene rings is 1. The summed E-state index contributed by atoms with van der Waals surface area (Å²) in [6.07, 6.45) is 1.80. The molecule has 8 heteroatoms. The van der Waals surface area contributed by atoms with E-state index in [4.69, 9.17) is 9.15 Å². The second-order valence-electron chi connectivity index (χ2n) is 5.88. The highest BCUT2D eigenvalue weighted by atomic mass is 79.9. The molecule has 0 bridgehead atoms. The molecule has 0 atom stereocenters. The van der Waals surface area contributed by atoms with Gasteiger partial charge in [0.15, 0.2) is 18.2 Å². The first-order valence-electron chi connectivity index (χ1n) is 8.08. The van der Waals surface area contributed by atoms with Crippen LogP contribution in [0.1, 0.15) is 45.1 Å². The molecule has 2 N–H and O–H groups in total. The van der Waals surface area contributed by atoms with Crippen molar-refractivity contribution >= 4 is 33.5 Å². The first kappa shape index (κ1) is 18.2. The van der Waals surface area contributed by atoms with Crippen molar-refractivity contribution in [3.8, 4) is 5.75 Å². The number of furan rings is 1. The Morgan fingerprint density at radius 1 is 1.19 bits per heavy atom. The average molecular weight is 421 g/mol. The number of ketones is 1. The van der Waals surface area contributed by atoms with Crippen LogP contribution in [0.5, 0.6) is 5.75 Å². The number of nitrogens with one attached hydrogen (secondary N) is 2. The lowest BCUT2D eigenvalue weighted by atomic mass is 9.94. The molecule has 1 heterocycles. The third-order valence-electron chi connectivity index (χ3n) is 4.01. The van der Waals surface area contributed by atoms with E-state index < -0.39 is 11.8 Å². The van der Waals surface area contributed by atoms with Crippen LogP contribution in [0.2, 0.25) is 0 Å². The van der Waals surface area contributed by atoms with Gasteiger partial charge in [0.25, 0.3) is 5.91 Å². The molecule has 0 unspecified atom stereocenters. The van der Waals surface area contributed by atoms with Gasteiger partial charge < -0.3 is 9.15 Å². The smallest absolute Gasteiger partial charge is 0.305 e. The van der Waals surface area contributed by atoms with Gasteiger partial charge in [0.2, 0.25) is 0 Å². The summed E-state index contributed by atoms with van der Waals surface area (Å²) >= 11 is 3.31. The minimum atomic E-state index is -0.610. The van der Waals surface area contributed by atoms with Gasteiger partial charge in [0.1, 0.15) is 11.5 Å². The van der Waals surface area contributed by atoms with Crippen LogP contribution in [0.15, 0.2) is 33.2 Å². The van der Waals surface area contributed by atoms with Crippen LogP contribution in [-0.2, 0) is 11.2 Å². The maximum Gasteiger partial charge on any atom is 0.305 e. The largest absolute Gasteiger partial charge is 0.484 e. The fourth-order valence-corrected chi connectivity index (χ4v) is 3.03. The number of halogens is 1. The van der Waals surface area contributed by atoms with E-state index in [1.54, 1.807) is 31.2 Å². The molecule has 3 rings (SSSR count). The van der Waals surface area contributed by atoms with Gasteiger partial charge in [0, 0.05) is 22.9 Å². The Bertz CT molecular complexity index is 857. The zero-order chi connectivity index (χ0) is 18.7. The van der Waals surface area contributed by atoms with Gasteiger partial charge in [-0.25, -0.2) is 0 Å². The topological polar surface area (TPSA) is 97.6 Å². The third kappa shape index (κ3) is 3.96. The van der Waals surface area contributed by atoms with Crippen LogP contribution in [0, 0.1) is 6.92 Å². The predicted octanol–water partition coefficient (Wildman–Crippen LogP) is 2.71. The molecule has 136 valence electrons. The fourth-order valence-electron chi connectivity index (χ4n) is 2.76. The number of carbonyl (C=O) groups is 3. The molecule has 1 aliphatic rings. The highest BCUT2D eigenvalue weighted by molar-refractivity contribution is 9.10. The fraction of sp³-hybridized carbons (Fsp3) is 0.278. The van der Waals surface area contributed by atoms with Crippen LogP contribution < -0.4 is 15.6 Å². The Morgan fingerprint density at radius 3 is 2.62 bits per heavy atom. The number of aryl methyl sites for hydroxylation is 1. The normalized spacial score (nSPS) is 13.1. The molecule has 2 aromatic rings. The number of hydrazine groups is 1. The summed E-state index contributed by atoms with van der Waals surface area (Å²) in [5.41, 5.74) is 5.54. The SMILES string of the molecule is Cc1c(C(=O)NNC(=O)COc2ccc(Br)cc2)oc2c1C(=O)CCC2. The maximum atomic E-state index is 12.2. The maximum absolute atomic E-state index is 12.2. The number of amides is 2. The molecule has 0 spiro atoms. The zero-order valence-corrected chi connectivity index (χ0v) is 15.6. The first-order chi connectivity index (χ1) is 12.5. The Kier molecular flexibility index (Phi) is 5.41. The molecule has 0 saturated carbocycles. The second-order valence-corrected chi connectivity index (χ2v) is 6.79. The van der Waals surface area contributed by atoms with Crippen molar-refractivity contribution in [2.24, 2.45) is 0 Å². The molecule has 26 heavy (non-hydrogen) atoms. The van der Waals surface area contributed by atoms with Crippen molar-refractivity contribution in [3.63, 3.8) is 0 Å². The highest BCUT2D eigenvalue weighted by Gasteiger charge is 2.28. The molecule has 1 aromatic carbocycles. The van der Waals surface area contributed by atoms with Crippen molar-refractivity contribution in [3.05, 3.63) is 51.4 Å². The molecular formula is C18H17BrN2O5. The van der Waals surface area contributed by atoms with E-state index in [1.165, 1.54) is 0 Å². The molecule has 0 radical (unpaired) electrons. The monoisotopic (exact) mass is 420 g/mol. The van der Waals surface area contributed by atoms with Gasteiger partial charge in [-0.1, -0.05) is 15.9 Å². The van der Waals surface area contributed by atoms with Crippen LogP contribution >= 0.6 is 15.9 Å². The van der Waals surface area contributed by atoms with Crippen molar-refractivity contribution in [1.82, 2.24) is 10.9 Å². The van der Waals surface area contributed by atoms with Gasteiger partial charge in [0.05, 0.1) is 5.56 Å². The van der Waals surface area contributed by atoms with E-state index in [9.17, 15) is 14.4 Å². The molecule has 2 amide bonds. The first-order valence-corrected chi connectivity index (χ1v) is 8.88. The Labute approximate surface area is 158 Å². The second kappa shape index (κ2) is 7.74. The van der Waals surface area contributed by atoms with Gasteiger partial charge >= 0.3 is 5.91 Å². The van der Waals surface area contributed by atoms with Crippen molar-refractivity contribution in [2.45, 2.75) is 26.2 Å². The Hall–Kier alpha value is -2.61. The van der Waals surface area contributed by atoms with E-state index >= 15 is 0 Å². The van der Waals surface area contributed by atoms with Gasteiger partial charge in [-0.05, 0) is 37.6 Å². The minimum Gasteiger partial charge on any atom is -0.484 e. The standard InChI is InChI=1S/C18H17BrN2O5/c1-10-16-13(22)3-2-4-14(16)26-17(10)18(24)21-20-15(23)9-25-12-7-5-11(19)6-8-12/h5-8H,2-4,9H2,1H3,(H,20,23)(H,21,24). The Morgan fingerprint density at radius 2 is 1.92 bits per heavy atom. The minimum absolute atomic E-state index is 0.0153. The van der Waals surface area contributed by atoms with Gasteiger partial charge in [-0.2, -0.15) is 0 Å². The zero-order valence-electron chi connectivity index (χ0n) is 14.1. The summed E-state index contributed by atoms with van der Waals surface area (Å²) < 4.78 is 11.7. The van der Waals surface area contributed by atoms with Crippen molar-refractivity contribution in [1.29, 1.82) is 0 Å². The van der Waals surface area contributed by atoms with E-state index in [0.717, 1.165) is 4.47 Å². The van der Waals surface area contributed by atoms with Gasteiger partial charge in [-0.3, -0.25) is 25.2 Å². The molecule has 7 nitrogen and oxygen atoms in total. The number of Topliss-reactive ketones (excluding diaryl/α,β-unsaturated/α-hetero) is 1. The molecule has 1 aromatic heterocycles. The van der Waals surface area contributed by atoms with Crippen molar-refractivity contribution in [2.75, 3.05) is 6.61 Å². The highest BCUT2D eigenvalue weighted by Crippen LogP contribution is 2.29. The quantitative estimate of drug-likeness (QED) is 0.740. The molecular weight excluding hydrogens is 404 g/mol. The number of hydrogen-bond donors (Lipinski definition) is 2. The summed E-state index contributed by atoms with van der Waals surface area (Å²) in [5.74, 6) is -0.0394. The van der Waals surface area contributed by atoms with Crippen LogP contribution in [0.4, 0.5) is 0 Å². The lowest BCUT2D eigenvalue weighted by Crippen LogP contribution is -2.43. The molecule has 1 aliphatic carbocycles. The molecule has 0 fully saturated rings. The van der Waals surface area contributed by atoms with E-state index in [1.807, 2.05) is 0 Å². The number of hydrogen-bond acceptors (Lipinski definition) is 5. The summed E-state index contributed by atoms with van der Waals surface area (Å²) in [6, 6.07) is 7.00. The van der Waals surface area contributed by atoms with E-state index in [-0.39, 0.29) is 18.2 Å². The Balaban J connectivity index is 1.54. The van der Waals surface area contributed by atoms with Crippen molar-refractivity contribution < 1.29 is 23.5 Å². The molecule has 0 saturated heterocycles. The number of carbonyl (C=O) groups excluding carboxylic acids is 3. The summed E-state index contributed by atoms with van der Waals surface area (Å²) in [6.45, 7) is 1.41. The lowest BCUT2D eigenvalue weighted by molar-refractivity contribution is -0.123. The predicted molar refractivity (Wildman–Crippen MR) is 96.0 cm³/mol.